The van der Waals surface area contributed by atoms with E-state index < -0.39 is 6.10 Å². The van der Waals surface area contributed by atoms with Gasteiger partial charge in [0.05, 0.1) is 6.10 Å². The summed E-state index contributed by atoms with van der Waals surface area (Å²) in [6, 6.07) is 7.13. The number of ketones is 1. The summed E-state index contributed by atoms with van der Waals surface area (Å²) in [5.41, 5.74) is 2.15. The summed E-state index contributed by atoms with van der Waals surface area (Å²) < 4.78 is 0. The van der Waals surface area contributed by atoms with E-state index in [1.165, 1.54) is 0 Å². The van der Waals surface area contributed by atoms with Crippen molar-refractivity contribution in [2.24, 2.45) is 0 Å². The van der Waals surface area contributed by atoms with Crippen LogP contribution in [-0.2, 0) is 11.2 Å². The second-order valence-electron chi connectivity index (χ2n) is 3.93. The zero-order valence-corrected chi connectivity index (χ0v) is 8.72. The van der Waals surface area contributed by atoms with Crippen LogP contribution in [0.5, 0.6) is 0 Å². The summed E-state index contributed by atoms with van der Waals surface area (Å²) in [4.78, 5) is 22.0. The molecule has 0 unspecified atom stereocenters. The monoisotopic (exact) mass is 216 g/mol. The number of carbonyl (C=O) groups is 2. The third kappa shape index (κ3) is 2.25. The van der Waals surface area contributed by atoms with Gasteiger partial charge in [0.15, 0.2) is 5.78 Å². The molecule has 0 bridgehead atoms. The summed E-state index contributed by atoms with van der Waals surface area (Å²) in [5.74, 6) is -0.0102. The highest BCUT2D eigenvalue weighted by atomic mass is 16.3. The predicted molar refractivity (Wildman–Crippen MR) is 59.2 cm³/mol. The standard InChI is InChI=1S/C13H12O3/c14-8-10-3-1-2-9(4-10)5-11-6-12(15)7-13(11)16/h1-4,6,8,12,15H,5,7H2/t12-/m0/s1. The van der Waals surface area contributed by atoms with E-state index in [-0.39, 0.29) is 12.2 Å². The van der Waals surface area contributed by atoms with Gasteiger partial charge in [0.1, 0.15) is 6.29 Å². The Morgan fingerprint density at radius 2 is 2.25 bits per heavy atom. The zero-order chi connectivity index (χ0) is 11.5. The molecule has 0 heterocycles. The molecule has 0 saturated heterocycles. The molecular weight excluding hydrogens is 204 g/mol. The summed E-state index contributed by atoms with van der Waals surface area (Å²) in [6.45, 7) is 0. The molecule has 0 aromatic heterocycles. The lowest BCUT2D eigenvalue weighted by Crippen LogP contribution is -2.02. The number of aliphatic hydroxyl groups is 1. The first kappa shape index (κ1) is 10.8. The van der Waals surface area contributed by atoms with Gasteiger partial charge in [0, 0.05) is 18.4 Å². The first-order valence-electron chi connectivity index (χ1n) is 5.15. The van der Waals surface area contributed by atoms with Crippen LogP contribution >= 0.6 is 0 Å². The van der Waals surface area contributed by atoms with E-state index in [9.17, 15) is 14.7 Å². The number of aldehydes is 1. The Kier molecular flexibility index (Phi) is 2.97. The summed E-state index contributed by atoms with van der Waals surface area (Å²) in [6.07, 6.45) is 2.40. The fourth-order valence-corrected chi connectivity index (χ4v) is 1.86. The van der Waals surface area contributed by atoms with Crippen molar-refractivity contribution in [2.75, 3.05) is 0 Å². The third-order valence-corrected chi connectivity index (χ3v) is 2.63. The Balaban J connectivity index is 2.18. The van der Waals surface area contributed by atoms with Crippen LogP contribution < -0.4 is 0 Å². The minimum Gasteiger partial charge on any atom is -0.389 e. The van der Waals surface area contributed by atoms with Crippen molar-refractivity contribution < 1.29 is 14.7 Å². The van der Waals surface area contributed by atoms with Crippen LogP contribution in [0.15, 0.2) is 35.9 Å². The van der Waals surface area contributed by atoms with E-state index >= 15 is 0 Å². The minimum atomic E-state index is -0.642. The third-order valence-electron chi connectivity index (χ3n) is 2.63. The number of benzene rings is 1. The van der Waals surface area contributed by atoms with E-state index in [0.717, 1.165) is 11.8 Å². The minimum absolute atomic E-state index is 0.0102. The average molecular weight is 216 g/mol. The topological polar surface area (TPSA) is 54.4 Å². The Bertz CT molecular complexity index is 460. The molecule has 1 aromatic rings. The molecule has 1 aliphatic rings. The van der Waals surface area contributed by atoms with E-state index in [1.54, 1.807) is 24.3 Å². The molecule has 0 radical (unpaired) electrons. The number of hydrogen-bond acceptors (Lipinski definition) is 3. The van der Waals surface area contributed by atoms with Gasteiger partial charge in [-0.1, -0.05) is 18.2 Å². The second-order valence-corrected chi connectivity index (χ2v) is 3.93. The molecule has 3 heteroatoms. The Morgan fingerprint density at radius 3 is 2.88 bits per heavy atom. The normalized spacial score (nSPS) is 19.7. The first-order chi connectivity index (χ1) is 7.69. The van der Waals surface area contributed by atoms with E-state index in [2.05, 4.69) is 0 Å². The summed E-state index contributed by atoms with van der Waals surface area (Å²) in [7, 11) is 0. The smallest absolute Gasteiger partial charge is 0.161 e. The van der Waals surface area contributed by atoms with Crippen molar-refractivity contribution in [3.8, 4) is 0 Å². The van der Waals surface area contributed by atoms with Gasteiger partial charge in [0.25, 0.3) is 0 Å². The van der Waals surface area contributed by atoms with Crippen molar-refractivity contribution in [2.45, 2.75) is 18.9 Å². The molecule has 0 fully saturated rings. The molecule has 0 saturated carbocycles. The van der Waals surface area contributed by atoms with Crippen molar-refractivity contribution in [3.05, 3.63) is 47.0 Å². The highest BCUT2D eigenvalue weighted by molar-refractivity contribution is 5.98. The fourth-order valence-electron chi connectivity index (χ4n) is 1.86. The quantitative estimate of drug-likeness (QED) is 0.775. The van der Waals surface area contributed by atoms with Crippen LogP contribution in [0.1, 0.15) is 22.3 Å². The Morgan fingerprint density at radius 1 is 1.44 bits per heavy atom. The lowest BCUT2D eigenvalue weighted by molar-refractivity contribution is -0.115. The molecule has 1 N–H and O–H groups in total. The number of Topliss-reactive ketones (excluding diaryl/α,β-unsaturated/α-hetero) is 1. The van der Waals surface area contributed by atoms with Crippen LogP contribution in [0.25, 0.3) is 0 Å². The first-order valence-corrected chi connectivity index (χ1v) is 5.15. The number of aliphatic hydroxyl groups excluding tert-OH is 1. The highest BCUT2D eigenvalue weighted by Gasteiger charge is 2.21. The van der Waals surface area contributed by atoms with Gasteiger partial charge < -0.3 is 5.11 Å². The molecule has 0 aliphatic heterocycles. The lowest BCUT2D eigenvalue weighted by Gasteiger charge is -2.01. The van der Waals surface area contributed by atoms with Crippen molar-refractivity contribution in [3.63, 3.8) is 0 Å². The molecule has 1 aliphatic carbocycles. The predicted octanol–water partition coefficient (Wildman–Crippen LogP) is 1.30. The Hall–Kier alpha value is -1.74. The highest BCUT2D eigenvalue weighted by Crippen LogP contribution is 2.19. The van der Waals surface area contributed by atoms with Crippen molar-refractivity contribution in [1.29, 1.82) is 0 Å². The van der Waals surface area contributed by atoms with Crippen molar-refractivity contribution >= 4 is 12.1 Å². The molecule has 0 amide bonds. The van der Waals surface area contributed by atoms with Gasteiger partial charge in [-0.2, -0.15) is 0 Å². The van der Waals surface area contributed by atoms with Gasteiger partial charge in [-0.05, 0) is 23.3 Å². The molecule has 1 aromatic carbocycles. The number of rotatable bonds is 3. The SMILES string of the molecule is O=Cc1cccc(CC2=C[C@H](O)CC2=O)c1. The molecule has 1 atom stereocenters. The Labute approximate surface area is 93.4 Å². The van der Waals surface area contributed by atoms with E-state index in [0.29, 0.717) is 17.6 Å². The average Bonchev–Trinajstić information content (AvgIpc) is 2.58. The van der Waals surface area contributed by atoms with E-state index in [1.807, 2.05) is 6.07 Å². The molecule has 2 rings (SSSR count). The van der Waals surface area contributed by atoms with Crippen molar-refractivity contribution in [1.82, 2.24) is 0 Å². The van der Waals surface area contributed by atoms with Crippen LogP contribution in [0, 0.1) is 0 Å². The molecular formula is C13H12O3. The van der Waals surface area contributed by atoms with Crippen LogP contribution in [0.2, 0.25) is 0 Å². The molecule has 3 nitrogen and oxygen atoms in total. The number of carbonyl (C=O) groups excluding carboxylic acids is 2. The second kappa shape index (κ2) is 4.41. The molecule has 82 valence electrons. The van der Waals surface area contributed by atoms with Gasteiger partial charge >= 0.3 is 0 Å². The van der Waals surface area contributed by atoms with Gasteiger partial charge in [-0.25, -0.2) is 0 Å². The fraction of sp³-hybridized carbons (Fsp3) is 0.231. The maximum Gasteiger partial charge on any atom is 0.161 e. The number of allylic oxidation sites excluding steroid dienone is 1. The zero-order valence-electron chi connectivity index (χ0n) is 8.72. The maximum atomic E-state index is 11.4. The maximum absolute atomic E-state index is 11.4. The molecule has 16 heavy (non-hydrogen) atoms. The number of hydrogen-bond donors (Lipinski definition) is 1. The largest absolute Gasteiger partial charge is 0.389 e. The van der Waals surface area contributed by atoms with Gasteiger partial charge in [0.2, 0.25) is 0 Å². The summed E-state index contributed by atoms with van der Waals surface area (Å²) in [5, 5.41) is 9.30. The molecule has 0 spiro atoms. The van der Waals surface area contributed by atoms with Gasteiger partial charge in [-0.15, -0.1) is 0 Å². The van der Waals surface area contributed by atoms with Crippen LogP contribution in [0.3, 0.4) is 0 Å². The summed E-state index contributed by atoms with van der Waals surface area (Å²) >= 11 is 0. The van der Waals surface area contributed by atoms with Crippen LogP contribution in [0.4, 0.5) is 0 Å². The lowest BCUT2D eigenvalue weighted by atomic mass is 10.0. The van der Waals surface area contributed by atoms with E-state index in [4.69, 9.17) is 0 Å². The van der Waals surface area contributed by atoms with Gasteiger partial charge in [-0.3, -0.25) is 9.59 Å². The van der Waals surface area contributed by atoms with Crippen LogP contribution in [-0.4, -0.2) is 23.3 Å².